The number of likely N-dealkylation sites (N-methyl/N-ethyl adjacent to an activating group) is 1. The zero-order chi connectivity index (χ0) is 8.55. The van der Waals surface area contributed by atoms with Crippen molar-refractivity contribution >= 4 is 5.91 Å². The van der Waals surface area contributed by atoms with Gasteiger partial charge in [0.05, 0.1) is 0 Å². The maximum atomic E-state index is 11.6. The molecular formula is C10H15NO. The Labute approximate surface area is 73.2 Å². The summed E-state index contributed by atoms with van der Waals surface area (Å²) >= 11 is 0. The molecule has 0 saturated carbocycles. The third-order valence-electron chi connectivity index (χ3n) is 2.86. The molecule has 0 aromatic heterocycles. The van der Waals surface area contributed by atoms with Crippen LogP contribution in [0.3, 0.4) is 0 Å². The van der Waals surface area contributed by atoms with E-state index < -0.39 is 0 Å². The largest absolute Gasteiger partial charge is 0.338 e. The summed E-state index contributed by atoms with van der Waals surface area (Å²) in [4.78, 5) is 13.4. The predicted octanol–water partition coefficient (Wildman–Crippen LogP) is 1.72. The summed E-state index contributed by atoms with van der Waals surface area (Å²) in [5, 5.41) is 0. The molecule has 1 aliphatic carbocycles. The van der Waals surface area contributed by atoms with Crippen LogP contribution in [-0.2, 0) is 4.79 Å². The van der Waals surface area contributed by atoms with Crippen molar-refractivity contribution < 1.29 is 4.79 Å². The Morgan fingerprint density at radius 2 is 1.92 bits per heavy atom. The molecule has 1 aliphatic heterocycles. The van der Waals surface area contributed by atoms with Crippen molar-refractivity contribution in [3.63, 3.8) is 0 Å². The van der Waals surface area contributed by atoms with Crippen LogP contribution in [0.15, 0.2) is 11.1 Å². The highest BCUT2D eigenvalue weighted by atomic mass is 16.2. The number of rotatable bonds is 0. The molecule has 12 heavy (non-hydrogen) atoms. The molecule has 0 N–H and O–H groups in total. The number of nitrogens with zero attached hydrogens (tertiary/aromatic N) is 1. The Hall–Kier alpha value is -0.790. The quantitative estimate of drug-likeness (QED) is 0.535. The fraction of sp³-hybridized carbons (Fsp3) is 0.700. The van der Waals surface area contributed by atoms with Gasteiger partial charge in [0.25, 0.3) is 0 Å². The van der Waals surface area contributed by atoms with Crippen LogP contribution in [0, 0.1) is 0 Å². The molecule has 0 atom stereocenters. The minimum Gasteiger partial charge on any atom is -0.338 e. The summed E-state index contributed by atoms with van der Waals surface area (Å²) in [6, 6.07) is 0. The molecule has 2 heteroatoms. The summed E-state index contributed by atoms with van der Waals surface area (Å²) in [6.07, 6.45) is 5.96. The first-order valence-electron chi connectivity index (χ1n) is 4.75. The van der Waals surface area contributed by atoms with E-state index in [0.717, 1.165) is 25.0 Å². The fourth-order valence-corrected chi connectivity index (χ4v) is 2.17. The molecule has 0 spiro atoms. The minimum absolute atomic E-state index is 0.284. The summed E-state index contributed by atoms with van der Waals surface area (Å²) in [5.74, 6) is 0.284. The Kier molecular flexibility index (Phi) is 1.91. The first-order valence-corrected chi connectivity index (χ1v) is 4.75. The molecule has 0 saturated heterocycles. The second kappa shape index (κ2) is 2.92. The van der Waals surface area contributed by atoms with Crippen LogP contribution in [0.2, 0.25) is 0 Å². The SMILES string of the molecule is CN1CC2=C(CCCCC2)C1=O. The molecule has 2 aliphatic rings. The lowest BCUT2D eigenvalue weighted by molar-refractivity contribution is -0.124. The average molecular weight is 165 g/mol. The van der Waals surface area contributed by atoms with Gasteiger partial charge in [0.1, 0.15) is 0 Å². The van der Waals surface area contributed by atoms with E-state index in [1.807, 2.05) is 11.9 Å². The first kappa shape index (κ1) is 7.84. The Balaban J connectivity index is 2.22. The van der Waals surface area contributed by atoms with Gasteiger partial charge in [-0.2, -0.15) is 0 Å². The van der Waals surface area contributed by atoms with Crippen molar-refractivity contribution in [3.8, 4) is 0 Å². The van der Waals surface area contributed by atoms with Gasteiger partial charge in [-0.3, -0.25) is 4.79 Å². The van der Waals surface area contributed by atoms with Crippen molar-refractivity contribution in [1.29, 1.82) is 0 Å². The minimum atomic E-state index is 0.284. The van der Waals surface area contributed by atoms with Crippen LogP contribution in [0.4, 0.5) is 0 Å². The smallest absolute Gasteiger partial charge is 0.249 e. The van der Waals surface area contributed by atoms with Crippen LogP contribution in [0.1, 0.15) is 32.1 Å². The average Bonchev–Trinajstić information content (AvgIpc) is 2.30. The van der Waals surface area contributed by atoms with Gasteiger partial charge in [-0.15, -0.1) is 0 Å². The topological polar surface area (TPSA) is 20.3 Å². The number of hydrogen-bond donors (Lipinski definition) is 0. The Morgan fingerprint density at radius 1 is 1.17 bits per heavy atom. The highest BCUT2D eigenvalue weighted by Crippen LogP contribution is 2.29. The summed E-state index contributed by atoms with van der Waals surface area (Å²) < 4.78 is 0. The van der Waals surface area contributed by atoms with Crippen molar-refractivity contribution in [3.05, 3.63) is 11.1 Å². The summed E-state index contributed by atoms with van der Waals surface area (Å²) in [5.41, 5.74) is 2.55. The molecule has 2 rings (SSSR count). The van der Waals surface area contributed by atoms with Crippen LogP contribution in [-0.4, -0.2) is 24.4 Å². The van der Waals surface area contributed by atoms with Gasteiger partial charge in [-0.05, 0) is 31.3 Å². The maximum Gasteiger partial charge on any atom is 0.249 e. The molecule has 0 aromatic rings. The van der Waals surface area contributed by atoms with Crippen molar-refractivity contribution in [2.75, 3.05) is 13.6 Å². The van der Waals surface area contributed by atoms with Gasteiger partial charge in [-0.25, -0.2) is 0 Å². The lowest BCUT2D eigenvalue weighted by atomic mass is 10.1. The van der Waals surface area contributed by atoms with E-state index in [9.17, 15) is 4.79 Å². The number of carbonyl (C=O) groups is 1. The highest BCUT2D eigenvalue weighted by Gasteiger charge is 2.27. The van der Waals surface area contributed by atoms with Crippen molar-refractivity contribution in [2.45, 2.75) is 32.1 Å². The predicted molar refractivity (Wildman–Crippen MR) is 47.7 cm³/mol. The summed E-state index contributed by atoms with van der Waals surface area (Å²) in [6.45, 7) is 0.897. The van der Waals surface area contributed by atoms with E-state index in [1.165, 1.54) is 24.8 Å². The normalized spacial score (nSPS) is 24.4. The Morgan fingerprint density at radius 3 is 2.75 bits per heavy atom. The van der Waals surface area contributed by atoms with Crippen LogP contribution in [0.25, 0.3) is 0 Å². The van der Waals surface area contributed by atoms with E-state index in [1.54, 1.807) is 0 Å². The van der Waals surface area contributed by atoms with E-state index >= 15 is 0 Å². The van der Waals surface area contributed by atoms with Crippen molar-refractivity contribution in [2.24, 2.45) is 0 Å². The zero-order valence-electron chi connectivity index (χ0n) is 7.60. The molecule has 0 unspecified atom stereocenters. The number of hydrogen-bond acceptors (Lipinski definition) is 1. The van der Waals surface area contributed by atoms with Crippen LogP contribution in [0.5, 0.6) is 0 Å². The molecule has 0 radical (unpaired) electrons. The zero-order valence-corrected chi connectivity index (χ0v) is 7.60. The van der Waals surface area contributed by atoms with E-state index in [4.69, 9.17) is 0 Å². The lowest BCUT2D eigenvalue weighted by Crippen LogP contribution is -2.22. The lowest BCUT2D eigenvalue weighted by Gasteiger charge is -2.09. The van der Waals surface area contributed by atoms with Gasteiger partial charge < -0.3 is 4.90 Å². The molecule has 0 fully saturated rings. The van der Waals surface area contributed by atoms with E-state index in [-0.39, 0.29) is 5.91 Å². The molecule has 66 valence electrons. The van der Waals surface area contributed by atoms with Gasteiger partial charge in [0.15, 0.2) is 0 Å². The second-order valence-corrected chi connectivity index (χ2v) is 3.80. The standard InChI is InChI=1S/C10H15NO/c1-11-7-8-5-3-2-4-6-9(8)10(11)12/h2-7H2,1H3. The molecule has 1 heterocycles. The number of amides is 1. The maximum absolute atomic E-state index is 11.6. The van der Waals surface area contributed by atoms with Crippen LogP contribution >= 0.6 is 0 Å². The third kappa shape index (κ3) is 1.15. The van der Waals surface area contributed by atoms with Crippen LogP contribution < -0.4 is 0 Å². The second-order valence-electron chi connectivity index (χ2n) is 3.80. The fourth-order valence-electron chi connectivity index (χ4n) is 2.17. The van der Waals surface area contributed by atoms with E-state index in [0.29, 0.717) is 0 Å². The van der Waals surface area contributed by atoms with Gasteiger partial charge in [-0.1, -0.05) is 6.42 Å². The summed E-state index contributed by atoms with van der Waals surface area (Å²) in [7, 11) is 1.90. The first-order chi connectivity index (χ1) is 5.79. The number of carbonyl (C=O) groups excluding carboxylic acids is 1. The molecular weight excluding hydrogens is 150 g/mol. The monoisotopic (exact) mass is 165 g/mol. The van der Waals surface area contributed by atoms with E-state index in [2.05, 4.69) is 0 Å². The van der Waals surface area contributed by atoms with Gasteiger partial charge in [0.2, 0.25) is 5.91 Å². The molecule has 0 bridgehead atoms. The van der Waals surface area contributed by atoms with Gasteiger partial charge >= 0.3 is 0 Å². The Bertz CT molecular complexity index is 242. The highest BCUT2D eigenvalue weighted by molar-refractivity contribution is 5.96. The van der Waals surface area contributed by atoms with Gasteiger partial charge in [0, 0.05) is 19.2 Å². The molecule has 2 nitrogen and oxygen atoms in total. The van der Waals surface area contributed by atoms with Crippen molar-refractivity contribution in [1.82, 2.24) is 4.90 Å². The molecule has 1 amide bonds. The molecule has 0 aromatic carbocycles. The third-order valence-corrected chi connectivity index (χ3v) is 2.86.